The fraction of sp³-hybridized carbons (Fsp3) is 0.867. The molecule has 0 N–H and O–H groups in total. The van der Waals surface area contributed by atoms with Crippen molar-refractivity contribution in [1.29, 1.82) is 0 Å². The van der Waals surface area contributed by atoms with Gasteiger partial charge in [0.2, 0.25) is 5.60 Å². The number of carbonyl (C=O) groups excluding carboxylic acids is 4. The number of Topliss-reactive ketones (excluding diaryl/α,β-unsaturated/α-hetero) is 1. The Morgan fingerprint density at radius 2 is 1.55 bits per heavy atom. The number of halogens is 1. The van der Waals surface area contributed by atoms with Crippen LogP contribution in [0.3, 0.4) is 0 Å². The van der Waals surface area contributed by atoms with Gasteiger partial charge in [-0.1, -0.05) is 13.8 Å². The molecule has 0 bridgehead atoms. The van der Waals surface area contributed by atoms with Gasteiger partial charge in [0.15, 0.2) is 6.61 Å². The van der Waals surface area contributed by atoms with Crippen LogP contribution in [0, 0.1) is 40.4 Å². The zero-order valence-corrected chi connectivity index (χ0v) is 24.7. The lowest BCUT2D eigenvalue weighted by atomic mass is 9.44. The molecule has 4 fully saturated rings. The molecule has 38 heavy (non-hydrogen) atoms. The normalized spacial score (nSPS) is 40.2. The molecule has 8 atom stereocenters. The number of hydrogen-bond acceptors (Lipinski definition) is 7. The molecule has 0 aliphatic heterocycles. The molecule has 4 saturated carbocycles. The summed E-state index contributed by atoms with van der Waals surface area (Å²) in [6, 6.07) is 0. The maximum Gasteiger partial charge on any atom is 0.350 e. The minimum atomic E-state index is -1.54. The second kappa shape index (κ2) is 10.4. The monoisotopic (exact) mass is 552 g/mol. The van der Waals surface area contributed by atoms with Crippen LogP contribution in [-0.2, 0) is 33.4 Å². The quantitative estimate of drug-likeness (QED) is 0.229. The van der Waals surface area contributed by atoms with Crippen LogP contribution in [0.5, 0.6) is 0 Å². The summed E-state index contributed by atoms with van der Waals surface area (Å²) < 4.78 is 16.0. The van der Waals surface area contributed by atoms with Gasteiger partial charge in [-0.2, -0.15) is 0 Å². The molecule has 0 saturated heterocycles. The van der Waals surface area contributed by atoms with E-state index in [9.17, 15) is 19.2 Å². The second-order valence-corrected chi connectivity index (χ2v) is 14.0. The molecule has 0 amide bonds. The Kier molecular flexibility index (Phi) is 8.04. The van der Waals surface area contributed by atoms with E-state index in [2.05, 4.69) is 13.8 Å². The highest BCUT2D eigenvalue weighted by atomic mass is 35.5. The minimum Gasteiger partial charge on any atom is -0.457 e. The molecule has 0 aromatic carbocycles. The minimum absolute atomic E-state index is 0.156. The SMILES string of the molecule is CC(=O)[C@H]1CC[C@H]2[C@@H]3CC[C@H]4C[C@](C)(OC(=O)COC(=O)C(C)(C)OC(=O)CCl)CC[C@]4(C)[C@H]3CC[C@]12C. The van der Waals surface area contributed by atoms with Gasteiger partial charge in [-0.25, -0.2) is 9.59 Å². The molecule has 0 unspecified atom stereocenters. The summed E-state index contributed by atoms with van der Waals surface area (Å²) in [4.78, 5) is 48.9. The van der Waals surface area contributed by atoms with Crippen LogP contribution in [0.15, 0.2) is 0 Å². The fourth-order valence-electron chi connectivity index (χ4n) is 9.13. The van der Waals surface area contributed by atoms with Gasteiger partial charge < -0.3 is 14.2 Å². The van der Waals surface area contributed by atoms with Gasteiger partial charge in [0.05, 0.1) is 0 Å². The van der Waals surface area contributed by atoms with Crippen molar-refractivity contribution in [2.24, 2.45) is 40.4 Å². The van der Waals surface area contributed by atoms with Crippen LogP contribution in [0.25, 0.3) is 0 Å². The van der Waals surface area contributed by atoms with Crippen molar-refractivity contribution in [2.75, 3.05) is 12.5 Å². The van der Waals surface area contributed by atoms with Gasteiger partial charge in [-0.15, -0.1) is 11.6 Å². The summed E-state index contributed by atoms with van der Waals surface area (Å²) >= 11 is 5.44. The first kappa shape index (κ1) is 29.4. The number of hydrogen-bond donors (Lipinski definition) is 0. The molecule has 0 radical (unpaired) electrons. The summed E-state index contributed by atoms with van der Waals surface area (Å²) in [6.07, 6.45) is 9.45. The lowest BCUT2D eigenvalue weighted by Gasteiger charge is -2.62. The first-order chi connectivity index (χ1) is 17.6. The average Bonchev–Trinajstić information content (AvgIpc) is 3.20. The topological polar surface area (TPSA) is 96.0 Å². The maximum absolute atomic E-state index is 12.7. The van der Waals surface area contributed by atoms with Crippen molar-refractivity contribution >= 4 is 35.3 Å². The van der Waals surface area contributed by atoms with Crippen molar-refractivity contribution < 1.29 is 33.4 Å². The molecule has 4 rings (SSSR count). The summed E-state index contributed by atoms with van der Waals surface area (Å²) in [5, 5.41) is 0. The zero-order valence-electron chi connectivity index (χ0n) is 23.9. The highest BCUT2D eigenvalue weighted by Gasteiger charge is 2.61. The molecule has 0 aromatic rings. The Bertz CT molecular complexity index is 978. The van der Waals surface area contributed by atoms with Gasteiger partial charge in [0.25, 0.3) is 0 Å². The van der Waals surface area contributed by atoms with Gasteiger partial charge in [0.1, 0.15) is 17.3 Å². The van der Waals surface area contributed by atoms with Crippen molar-refractivity contribution in [3.8, 4) is 0 Å². The molecule has 4 aliphatic carbocycles. The van der Waals surface area contributed by atoms with Crippen LogP contribution >= 0.6 is 11.6 Å². The van der Waals surface area contributed by atoms with Crippen molar-refractivity contribution in [3.63, 3.8) is 0 Å². The van der Waals surface area contributed by atoms with E-state index in [1.165, 1.54) is 33.1 Å². The van der Waals surface area contributed by atoms with E-state index in [-0.39, 0.29) is 22.6 Å². The first-order valence-electron chi connectivity index (χ1n) is 14.3. The number of ether oxygens (including phenoxy) is 3. The highest BCUT2D eigenvalue weighted by molar-refractivity contribution is 6.26. The Labute approximate surface area is 232 Å². The number of esters is 3. The second-order valence-electron chi connectivity index (χ2n) is 13.8. The first-order valence-corrected chi connectivity index (χ1v) is 14.9. The number of ketones is 1. The van der Waals surface area contributed by atoms with E-state index in [1.54, 1.807) is 6.92 Å². The zero-order chi connectivity index (χ0) is 28.1. The van der Waals surface area contributed by atoms with E-state index in [1.807, 2.05) is 6.92 Å². The Morgan fingerprint density at radius 1 is 0.868 bits per heavy atom. The largest absolute Gasteiger partial charge is 0.457 e. The van der Waals surface area contributed by atoms with E-state index < -0.39 is 35.7 Å². The molecule has 0 spiro atoms. The van der Waals surface area contributed by atoms with E-state index in [0.29, 0.717) is 29.5 Å². The Morgan fingerprint density at radius 3 is 2.21 bits per heavy atom. The molecule has 0 aromatic heterocycles. The standard InChI is InChI=1S/C30H45ClO7/c1-18(32)21-9-10-22-20-8-7-19-15-28(4,13-14-29(19,5)23(20)11-12-30(21,22)6)38-25(34)17-36-26(35)27(2,3)37-24(33)16-31/h19-23H,7-17H2,1-6H3/t19-,20-,21+,22-,23-,28+,29-,30+/m0/s1. The summed E-state index contributed by atoms with van der Waals surface area (Å²) in [5.41, 5.74) is -1.77. The predicted molar refractivity (Wildman–Crippen MR) is 142 cm³/mol. The van der Waals surface area contributed by atoms with Crippen LogP contribution in [-0.4, -0.2) is 47.4 Å². The van der Waals surface area contributed by atoms with Crippen molar-refractivity contribution in [2.45, 2.75) is 111 Å². The summed E-state index contributed by atoms with van der Waals surface area (Å²) in [5.74, 6) is 0.515. The lowest BCUT2D eigenvalue weighted by molar-refractivity contribution is -0.191. The smallest absolute Gasteiger partial charge is 0.350 e. The van der Waals surface area contributed by atoms with Crippen LogP contribution in [0.4, 0.5) is 0 Å². The van der Waals surface area contributed by atoms with Crippen molar-refractivity contribution in [3.05, 3.63) is 0 Å². The van der Waals surface area contributed by atoms with Crippen LogP contribution in [0.2, 0.25) is 0 Å². The van der Waals surface area contributed by atoms with Crippen LogP contribution in [0.1, 0.15) is 99.3 Å². The Balaban J connectivity index is 1.35. The summed E-state index contributed by atoms with van der Waals surface area (Å²) in [6.45, 7) is 10.9. The lowest BCUT2D eigenvalue weighted by Crippen LogP contribution is -2.56. The number of alkyl halides is 1. The number of carbonyl (C=O) groups is 4. The Hall–Kier alpha value is -1.63. The molecule has 214 valence electrons. The van der Waals surface area contributed by atoms with Gasteiger partial charge in [0, 0.05) is 5.92 Å². The van der Waals surface area contributed by atoms with Gasteiger partial charge >= 0.3 is 17.9 Å². The molecule has 4 aliphatic rings. The molecular weight excluding hydrogens is 508 g/mol. The molecule has 0 heterocycles. The van der Waals surface area contributed by atoms with Gasteiger partial charge in [-0.3, -0.25) is 9.59 Å². The van der Waals surface area contributed by atoms with Crippen molar-refractivity contribution in [1.82, 2.24) is 0 Å². The number of fused-ring (bicyclic) bond motifs is 5. The number of rotatable bonds is 7. The predicted octanol–water partition coefficient (Wildman–Crippen LogP) is 5.64. The van der Waals surface area contributed by atoms with E-state index >= 15 is 0 Å². The van der Waals surface area contributed by atoms with Crippen LogP contribution < -0.4 is 0 Å². The molecular formula is C30H45ClO7. The third-order valence-corrected chi connectivity index (χ3v) is 11.3. The van der Waals surface area contributed by atoms with E-state index in [0.717, 1.165) is 38.5 Å². The third-order valence-electron chi connectivity index (χ3n) is 11.1. The maximum atomic E-state index is 12.7. The molecule has 8 heteroatoms. The van der Waals surface area contributed by atoms with Gasteiger partial charge in [-0.05, 0) is 120 Å². The van der Waals surface area contributed by atoms with E-state index in [4.69, 9.17) is 25.8 Å². The summed E-state index contributed by atoms with van der Waals surface area (Å²) in [7, 11) is 0. The third kappa shape index (κ3) is 5.25. The highest BCUT2D eigenvalue weighted by Crippen LogP contribution is 2.68. The molecule has 7 nitrogen and oxygen atoms in total. The fourth-order valence-corrected chi connectivity index (χ4v) is 9.19. The average molecular weight is 553 g/mol.